The summed E-state index contributed by atoms with van der Waals surface area (Å²) < 4.78 is 0. The Kier molecular flexibility index (Phi) is 32.4. The molecule has 0 fully saturated rings. The fourth-order valence-corrected chi connectivity index (χ4v) is 7.34. The van der Waals surface area contributed by atoms with Crippen LogP contribution in [0.1, 0.15) is 249 Å². The molecule has 45 heavy (non-hydrogen) atoms. The van der Waals surface area contributed by atoms with E-state index in [2.05, 4.69) is 39.0 Å². The molecule has 0 radical (unpaired) electrons. The van der Waals surface area contributed by atoms with Crippen LogP contribution in [0.3, 0.4) is 0 Å². The second kappa shape index (κ2) is 34.6. The molecule has 0 aromatic heterocycles. The van der Waals surface area contributed by atoms with Gasteiger partial charge in [-0.15, -0.1) is 0 Å². The highest BCUT2D eigenvalue weighted by atomic mass is 14.1. The highest BCUT2D eigenvalue weighted by molar-refractivity contribution is 5.29. The van der Waals surface area contributed by atoms with E-state index in [4.69, 9.17) is 0 Å². The van der Waals surface area contributed by atoms with E-state index in [-0.39, 0.29) is 0 Å². The summed E-state index contributed by atoms with van der Waals surface area (Å²) in [5, 5.41) is 0. The van der Waals surface area contributed by atoms with Crippen molar-refractivity contribution < 1.29 is 0 Å². The largest absolute Gasteiger partial charge is 0.0654 e. The summed E-state index contributed by atoms with van der Waals surface area (Å²) in [5.41, 5.74) is 4.66. The molecule has 1 aromatic rings. The molecule has 0 bridgehead atoms. The summed E-state index contributed by atoms with van der Waals surface area (Å²) in [6.45, 7) is 6.92. The minimum Gasteiger partial charge on any atom is -0.0654 e. The Labute approximate surface area is 286 Å². The number of hydrogen-bond acceptors (Lipinski definition) is 0. The topological polar surface area (TPSA) is 0 Å². The number of unbranched alkanes of at least 4 members (excludes halogenated alkanes) is 32. The summed E-state index contributed by atoms with van der Waals surface area (Å²) in [6.07, 6.45) is 52.0. The van der Waals surface area contributed by atoms with E-state index in [1.807, 2.05) is 0 Å². The van der Waals surface area contributed by atoms with Crippen LogP contribution >= 0.6 is 0 Å². The van der Waals surface area contributed by atoms with Gasteiger partial charge in [-0.25, -0.2) is 0 Å². The van der Waals surface area contributed by atoms with Crippen molar-refractivity contribution in [1.29, 1.82) is 0 Å². The molecule has 0 spiro atoms. The maximum absolute atomic E-state index is 2.53. The van der Waals surface area contributed by atoms with Crippen LogP contribution < -0.4 is 0 Å². The van der Waals surface area contributed by atoms with Gasteiger partial charge in [0.15, 0.2) is 0 Å². The number of benzene rings is 1. The first-order valence-electron chi connectivity index (χ1n) is 21.4. The zero-order valence-electron chi connectivity index (χ0n) is 31.7. The van der Waals surface area contributed by atoms with Gasteiger partial charge in [0.1, 0.15) is 0 Å². The third-order valence-corrected chi connectivity index (χ3v) is 10.3. The molecule has 1 rings (SSSR count). The van der Waals surface area contributed by atoms with Crippen LogP contribution in [-0.4, -0.2) is 0 Å². The Morgan fingerprint density at radius 2 is 0.467 bits per heavy atom. The molecule has 0 saturated carbocycles. The van der Waals surface area contributed by atoms with Crippen molar-refractivity contribution in [2.24, 2.45) is 0 Å². The highest BCUT2D eigenvalue weighted by Gasteiger charge is 2.02. The van der Waals surface area contributed by atoms with Gasteiger partial charge in [-0.2, -0.15) is 0 Å². The number of hydrogen-bond donors (Lipinski definition) is 0. The van der Waals surface area contributed by atoms with Crippen molar-refractivity contribution in [1.82, 2.24) is 0 Å². The Balaban J connectivity index is 1.89. The maximum atomic E-state index is 2.53. The van der Waals surface area contributed by atoms with Crippen LogP contribution in [0.25, 0.3) is 0 Å². The summed E-state index contributed by atoms with van der Waals surface area (Å²) in [5.74, 6) is 0. The summed E-state index contributed by atoms with van der Waals surface area (Å²) >= 11 is 0. The van der Waals surface area contributed by atoms with Gasteiger partial charge in [-0.1, -0.05) is 243 Å². The first-order valence-corrected chi connectivity index (χ1v) is 21.4. The van der Waals surface area contributed by atoms with E-state index in [9.17, 15) is 0 Å². The van der Waals surface area contributed by atoms with Crippen molar-refractivity contribution in [3.63, 3.8) is 0 Å². The van der Waals surface area contributed by atoms with Crippen LogP contribution in [0.5, 0.6) is 0 Å². The van der Waals surface area contributed by atoms with Crippen LogP contribution in [0.2, 0.25) is 0 Å². The summed E-state index contributed by atoms with van der Waals surface area (Å²) in [4.78, 5) is 0. The Hall–Kier alpha value is -0.780. The Morgan fingerprint density at radius 3 is 0.689 bits per heavy atom. The monoisotopic (exact) mass is 625 g/mol. The van der Waals surface area contributed by atoms with Crippen molar-refractivity contribution in [3.05, 3.63) is 34.9 Å². The molecule has 0 nitrogen and oxygen atoms in total. The molecule has 0 heteroatoms. The van der Waals surface area contributed by atoms with E-state index in [0.717, 1.165) is 0 Å². The van der Waals surface area contributed by atoms with Gasteiger partial charge < -0.3 is 0 Å². The van der Waals surface area contributed by atoms with E-state index in [1.54, 1.807) is 11.1 Å². The molecule has 0 unspecified atom stereocenters. The standard InChI is InChI=1S/C45H84/c1-4-6-8-10-12-14-16-18-20-22-24-26-28-30-32-34-36-38-44-40-43(3)41-45(42-44)39-37-35-33-31-29-27-25-23-21-19-17-15-13-11-9-7-5-2/h40-42H,4-39H2,1-3H3. The number of aryl methyl sites for hydroxylation is 3. The summed E-state index contributed by atoms with van der Waals surface area (Å²) in [7, 11) is 0. The molecule has 1 aromatic carbocycles. The van der Waals surface area contributed by atoms with Gasteiger partial charge in [0, 0.05) is 0 Å². The van der Waals surface area contributed by atoms with Gasteiger partial charge in [0.05, 0.1) is 0 Å². The molecule has 0 aliphatic heterocycles. The minimum atomic E-state index is 1.28. The smallest absolute Gasteiger partial charge is 0.0279 e. The van der Waals surface area contributed by atoms with Crippen LogP contribution in [0.4, 0.5) is 0 Å². The van der Waals surface area contributed by atoms with Crippen LogP contribution in [0.15, 0.2) is 18.2 Å². The predicted molar refractivity (Wildman–Crippen MR) is 207 cm³/mol. The molecular weight excluding hydrogens is 540 g/mol. The first kappa shape index (κ1) is 42.2. The Bertz CT molecular complexity index is 646. The molecule has 0 atom stereocenters. The second-order valence-electron chi connectivity index (χ2n) is 15.1. The van der Waals surface area contributed by atoms with Crippen molar-refractivity contribution in [2.75, 3.05) is 0 Å². The molecule has 0 heterocycles. The third-order valence-electron chi connectivity index (χ3n) is 10.3. The maximum Gasteiger partial charge on any atom is -0.0279 e. The number of rotatable bonds is 36. The summed E-state index contributed by atoms with van der Waals surface area (Å²) in [6, 6.07) is 7.43. The van der Waals surface area contributed by atoms with E-state index < -0.39 is 0 Å². The lowest BCUT2D eigenvalue weighted by molar-refractivity contribution is 0.527. The van der Waals surface area contributed by atoms with Crippen molar-refractivity contribution in [3.8, 4) is 0 Å². The highest BCUT2D eigenvalue weighted by Crippen LogP contribution is 2.19. The van der Waals surface area contributed by atoms with Gasteiger partial charge in [0.25, 0.3) is 0 Å². The fraction of sp³-hybridized carbons (Fsp3) is 0.867. The normalized spacial score (nSPS) is 11.5. The zero-order valence-corrected chi connectivity index (χ0v) is 31.7. The van der Waals surface area contributed by atoms with E-state index in [1.165, 1.54) is 237 Å². The van der Waals surface area contributed by atoms with Crippen molar-refractivity contribution >= 4 is 0 Å². The minimum absolute atomic E-state index is 1.28. The second-order valence-corrected chi connectivity index (χ2v) is 15.1. The molecular formula is C45H84. The van der Waals surface area contributed by atoms with Crippen molar-refractivity contribution in [2.45, 2.75) is 252 Å². The van der Waals surface area contributed by atoms with Gasteiger partial charge in [-0.3, -0.25) is 0 Å². The lowest BCUT2D eigenvalue weighted by atomic mass is 9.97. The molecule has 0 saturated heterocycles. The van der Waals surface area contributed by atoms with E-state index >= 15 is 0 Å². The lowest BCUT2D eigenvalue weighted by Crippen LogP contribution is -1.93. The van der Waals surface area contributed by atoms with Crippen LogP contribution in [-0.2, 0) is 12.8 Å². The molecule has 264 valence electrons. The first-order chi connectivity index (χ1) is 22.3. The molecule has 0 aliphatic rings. The van der Waals surface area contributed by atoms with Gasteiger partial charge >= 0.3 is 0 Å². The van der Waals surface area contributed by atoms with Crippen LogP contribution in [0, 0.1) is 6.92 Å². The predicted octanol–water partition coefficient (Wildman–Crippen LogP) is 16.4. The SMILES string of the molecule is CCCCCCCCCCCCCCCCCCCc1cc(C)cc(CCCCCCCCCCCCCCCCCCC)c1. The zero-order chi connectivity index (χ0) is 32.3. The average Bonchev–Trinajstić information content (AvgIpc) is 3.03. The van der Waals surface area contributed by atoms with Gasteiger partial charge in [0.2, 0.25) is 0 Å². The third kappa shape index (κ3) is 30.3. The van der Waals surface area contributed by atoms with E-state index in [0.29, 0.717) is 0 Å². The Morgan fingerprint density at radius 1 is 0.267 bits per heavy atom. The quantitative estimate of drug-likeness (QED) is 0.0652. The molecule has 0 aliphatic carbocycles. The molecule has 0 N–H and O–H groups in total. The fourth-order valence-electron chi connectivity index (χ4n) is 7.34. The molecule has 0 amide bonds. The lowest BCUT2D eigenvalue weighted by Gasteiger charge is -2.09. The average molecular weight is 625 g/mol. The van der Waals surface area contributed by atoms with Gasteiger partial charge in [-0.05, 0) is 43.7 Å².